The maximum Gasteiger partial charge on any atom is 0.240 e. The smallest absolute Gasteiger partial charge is 0.240 e. The second kappa shape index (κ2) is 5.44. The van der Waals surface area contributed by atoms with Crippen molar-refractivity contribution in [3.8, 4) is 0 Å². The van der Waals surface area contributed by atoms with Crippen LogP contribution >= 0.6 is 12.2 Å². The molecule has 0 aromatic heterocycles. The summed E-state index contributed by atoms with van der Waals surface area (Å²) in [5.74, 6) is 0. The summed E-state index contributed by atoms with van der Waals surface area (Å²) in [6, 6.07) is 6.13. The lowest BCUT2D eigenvalue weighted by Crippen LogP contribution is -2.30. The average Bonchev–Trinajstić information content (AvgIpc) is 2.15. The lowest BCUT2D eigenvalue weighted by molar-refractivity contribution is 0.570. The number of anilines is 1. The number of nitrogens with two attached hydrogens (primary N) is 1. The van der Waals surface area contributed by atoms with E-state index in [1.54, 1.807) is 26.0 Å². The van der Waals surface area contributed by atoms with Crippen molar-refractivity contribution in [1.82, 2.24) is 4.72 Å². The van der Waals surface area contributed by atoms with Crippen molar-refractivity contribution in [2.75, 3.05) is 5.32 Å². The highest BCUT2D eigenvalue weighted by Gasteiger charge is 2.15. The zero-order valence-corrected chi connectivity index (χ0v) is 11.2. The molecule has 1 aromatic carbocycles. The summed E-state index contributed by atoms with van der Waals surface area (Å²) in [7, 11) is -3.49. The highest BCUT2D eigenvalue weighted by molar-refractivity contribution is 7.89. The van der Waals surface area contributed by atoms with Gasteiger partial charge in [-0.2, -0.15) is 0 Å². The van der Waals surface area contributed by atoms with Gasteiger partial charge in [0.25, 0.3) is 0 Å². The number of hydrogen-bond acceptors (Lipinski definition) is 3. The van der Waals surface area contributed by atoms with E-state index in [1.807, 2.05) is 0 Å². The summed E-state index contributed by atoms with van der Waals surface area (Å²) >= 11 is 4.69. The van der Waals surface area contributed by atoms with Gasteiger partial charge >= 0.3 is 0 Å². The summed E-state index contributed by atoms with van der Waals surface area (Å²) < 4.78 is 26.3. The minimum Gasteiger partial charge on any atom is -0.376 e. The largest absolute Gasteiger partial charge is 0.376 e. The molecule has 1 aromatic rings. The molecule has 0 aliphatic rings. The first-order chi connectivity index (χ1) is 7.81. The van der Waals surface area contributed by atoms with Crippen LogP contribution in [-0.4, -0.2) is 19.6 Å². The Bertz CT molecular complexity index is 512. The van der Waals surface area contributed by atoms with E-state index in [0.29, 0.717) is 5.69 Å². The fraction of sp³-hybridized carbons (Fsp3) is 0.300. The van der Waals surface area contributed by atoms with Crippen LogP contribution in [0.15, 0.2) is 29.2 Å². The van der Waals surface area contributed by atoms with Gasteiger partial charge in [-0.05, 0) is 44.3 Å². The molecule has 0 amide bonds. The minimum absolute atomic E-state index is 0.0939. The quantitative estimate of drug-likeness (QED) is 0.714. The molecule has 0 atom stereocenters. The molecule has 5 nitrogen and oxygen atoms in total. The van der Waals surface area contributed by atoms with Gasteiger partial charge in [-0.3, -0.25) is 0 Å². The van der Waals surface area contributed by atoms with Crippen molar-refractivity contribution in [1.29, 1.82) is 0 Å². The summed E-state index contributed by atoms with van der Waals surface area (Å²) in [5, 5.41) is 2.78. The number of benzene rings is 1. The predicted octanol–water partition coefficient (Wildman–Crippen LogP) is 1.03. The highest BCUT2D eigenvalue weighted by atomic mass is 32.2. The van der Waals surface area contributed by atoms with Crippen LogP contribution in [0.25, 0.3) is 0 Å². The third kappa shape index (κ3) is 4.29. The molecule has 0 saturated carbocycles. The predicted molar refractivity (Wildman–Crippen MR) is 72.3 cm³/mol. The van der Waals surface area contributed by atoms with Crippen LogP contribution in [0, 0.1) is 0 Å². The standard InChI is InChI=1S/C10H15N3O2S2/c1-7(2)13-17(14,15)9-5-3-4-8(6-9)12-10(11)16/h3-7,13H,1-2H3,(H3,11,12,16). The van der Waals surface area contributed by atoms with Gasteiger partial charge in [0.1, 0.15) is 0 Å². The van der Waals surface area contributed by atoms with Crippen LogP contribution in [0.3, 0.4) is 0 Å². The SMILES string of the molecule is CC(C)NS(=O)(=O)c1cccc(NC(N)=S)c1. The van der Waals surface area contributed by atoms with E-state index in [4.69, 9.17) is 5.73 Å². The molecule has 4 N–H and O–H groups in total. The van der Waals surface area contributed by atoms with Crippen LogP contribution in [0.1, 0.15) is 13.8 Å². The van der Waals surface area contributed by atoms with Gasteiger partial charge in [0, 0.05) is 11.7 Å². The highest BCUT2D eigenvalue weighted by Crippen LogP contribution is 2.15. The number of hydrogen-bond donors (Lipinski definition) is 3. The summed E-state index contributed by atoms with van der Waals surface area (Å²) in [6.07, 6.45) is 0. The first-order valence-electron chi connectivity index (χ1n) is 5.00. The Kier molecular flexibility index (Phi) is 4.44. The fourth-order valence-corrected chi connectivity index (χ4v) is 2.68. The Morgan fingerprint density at radius 1 is 1.41 bits per heavy atom. The van der Waals surface area contributed by atoms with Gasteiger partial charge in [0.05, 0.1) is 4.90 Å². The van der Waals surface area contributed by atoms with E-state index in [1.165, 1.54) is 12.1 Å². The molecule has 94 valence electrons. The van der Waals surface area contributed by atoms with Gasteiger partial charge in [-0.25, -0.2) is 13.1 Å². The van der Waals surface area contributed by atoms with Crippen molar-refractivity contribution in [3.63, 3.8) is 0 Å². The van der Waals surface area contributed by atoms with Crippen LogP contribution < -0.4 is 15.8 Å². The fourth-order valence-electron chi connectivity index (χ4n) is 1.26. The zero-order chi connectivity index (χ0) is 13.1. The van der Waals surface area contributed by atoms with Crippen molar-refractivity contribution < 1.29 is 8.42 Å². The molecule has 7 heteroatoms. The van der Waals surface area contributed by atoms with Crippen molar-refractivity contribution in [2.45, 2.75) is 24.8 Å². The van der Waals surface area contributed by atoms with E-state index >= 15 is 0 Å². The maximum absolute atomic E-state index is 11.9. The number of sulfonamides is 1. The van der Waals surface area contributed by atoms with E-state index in [0.717, 1.165) is 0 Å². The Balaban J connectivity index is 3.03. The first kappa shape index (κ1) is 13.9. The zero-order valence-electron chi connectivity index (χ0n) is 9.60. The number of thiocarbonyl (C=S) groups is 1. The molecule has 0 aliphatic heterocycles. The second-order valence-electron chi connectivity index (χ2n) is 3.79. The molecule has 0 bridgehead atoms. The van der Waals surface area contributed by atoms with Crippen LogP contribution in [0.2, 0.25) is 0 Å². The maximum atomic E-state index is 11.9. The van der Waals surface area contributed by atoms with E-state index < -0.39 is 10.0 Å². The molecular formula is C10H15N3O2S2. The molecule has 0 spiro atoms. The molecule has 0 heterocycles. The third-order valence-corrected chi connectivity index (χ3v) is 3.56. The lowest BCUT2D eigenvalue weighted by Gasteiger charge is -2.11. The number of rotatable bonds is 4. The van der Waals surface area contributed by atoms with Crippen molar-refractivity contribution in [3.05, 3.63) is 24.3 Å². The summed E-state index contributed by atoms with van der Waals surface area (Å²) in [5.41, 5.74) is 5.87. The average molecular weight is 273 g/mol. The molecule has 17 heavy (non-hydrogen) atoms. The third-order valence-electron chi connectivity index (χ3n) is 1.80. The molecule has 0 unspecified atom stereocenters. The monoisotopic (exact) mass is 273 g/mol. The van der Waals surface area contributed by atoms with Crippen molar-refractivity contribution >= 4 is 33.0 Å². The first-order valence-corrected chi connectivity index (χ1v) is 6.89. The molecule has 1 rings (SSSR count). The Morgan fingerprint density at radius 3 is 2.59 bits per heavy atom. The molecule has 0 aliphatic carbocycles. The summed E-state index contributed by atoms with van der Waals surface area (Å²) in [6.45, 7) is 3.52. The van der Waals surface area contributed by atoms with E-state index in [-0.39, 0.29) is 16.0 Å². The number of nitrogens with one attached hydrogen (secondary N) is 2. The van der Waals surface area contributed by atoms with E-state index in [2.05, 4.69) is 22.3 Å². The molecule has 0 radical (unpaired) electrons. The van der Waals surface area contributed by atoms with Gasteiger partial charge in [0.2, 0.25) is 10.0 Å². The minimum atomic E-state index is -3.49. The lowest BCUT2D eigenvalue weighted by atomic mass is 10.3. The Hall–Kier alpha value is -1.18. The summed E-state index contributed by atoms with van der Waals surface area (Å²) in [4.78, 5) is 0.174. The normalized spacial score (nSPS) is 11.5. The van der Waals surface area contributed by atoms with Crippen LogP contribution in [0.4, 0.5) is 5.69 Å². The van der Waals surface area contributed by atoms with Gasteiger partial charge in [0.15, 0.2) is 5.11 Å². The Labute approximate surface area is 106 Å². The molecule has 0 saturated heterocycles. The van der Waals surface area contributed by atoms with Gasteiger partial charge < -0.3 is 11.1 Å². The molecule has 0 fully saturated rings. The van der Waals surface area contributed by atoms with Crippen LogP contribution in [0.5, 0.6) is 0 Å². The second-order valence-corrected chi connectivity index (χ2v) is 5.95. The molecular weight excluding hydrogens is 258 g/mol. The van der Waals surface area contributed by atoms with Crippen molar-refractivity contribution in [2.24, 2.45) is 5.73 Å². The Morgan fingerprint density at radius 2 is 2.06 bits per heavy atom. The topological polar surface area (TPSA) is 84.2 Å². The van der Waals surface area contributed by atoms with Crippen LogP contribution in [-0.2, 0) is 10.0 Å². The van der Waals surface area contributed by atoms with Gasteiger partial charge in [-0.1, -0.05) is 6.07 Å². The van der Waals surface area contributed by atoms with Gasteiger partial charge in [-0.15, -0.1) is 0 Å². The van der Waals surface area contributed by atoms with E-state index in [9.17, 15) is 8.42 Å².